The Labute approximate surface area is 144 Å². The molecule has 0 radical (unpaired) electrons. The van der Waals surface area contributed by atoms with E-state index in [4.69, 9.17) is 0 Å². The van der Waals surface area contributed by atoms with Crippen LogP contribution in [0.25, 0.3) is 0 Å². The van der Waals surface area contributed by atoms with Crippen LogP contribution in [0.4, 0.5) is 0 Å². The number of nitrogens with one attached hydrogen (secondary N) is 2. The molecule has 24 heavy (non-hydrogen) atoms. The highest BCUT2D eigenvalue weighted by atomic mass is 32.2. The first-order chi connectivity index (χ1) is 11.4. The quantitative estimate of drug-likeness (QED) is 0.677. The van der Waals surface area contributed by atoms with Gasteiger partial charge in [0.25, 0.3) is 0 Å². The third-order valence-corrected chi connectivity index (χ3v) is 5.34. The fourth-order valence-corrected chi connectivity index (χ4v) is 3.47. The highest BCUT2D eigenvalue weighted by Crippen LogP contribution is 2.09. The van der Waals surface area contributed by atoms with Crippen molar-refractivity contribution < 1.29 is 8.42 Å². The van der Waals surface area contributed by atoms with E-state index in [1.54, 1.807) is 30.5 Å². The first kappa shape index (κ1) is 18.6. The molecule has 6 nitrogen and oxygen atoms in total. The van der Waals surface area contributed by atoms with E-state index in [9.17, 15) is 8.42 Å². The van der Waals surface area contributed by atoms with E-state index in [0.29, 0.717) is 17.5 Å². The summed E-state index contributed by atoms with van der Waals surface area (Å²) in [4.78, 5) is 4.51. The molecule has 0 saturated heterocycles. The van der Waals surface area contributed by atoms with E-state index in [0.717, 1.165) is 30.9 Å². The van der Waals surface area contributed by atoms with Gasteiger partial charge in [0, 0.05) is 31.5 Å². The minimum Gasteiger partial charge on any atom is -0.334 e. The summed E-state index contributed by atoms with van der Waals surface area (Å²) >= 11 is 0. The van der Waals surface area contributed by atoms with Gasteiger partial charge in [-0.2, -0.15) is 0 Å². The van der Waals surface area contributed by atoms with Crippen LogP contribution in [0.1, 0.15) is 24.7 Å². The second kappa shape index (κ2) is 8.41. The summed E-state index contributed by atoms with van der Waals surface area (Å²) in [5, 5.41) is 3.40. The van der Waals surface area contributed by atoms with Crippen molar-refractivity contribution >= 4 is 10.0 Å². The standard InChI is InChI=1S/C17H26N4O2S/c1-14-5-7-17(8-6-14)24(22,23)20-10-4-9-18-15(2)13-21-12-11-19-16(21)3/h5-8,11-12,15,18,20H,4,9-10,13H2,1-3H3. The number of rotatable bonds is 9. The molecule has 7 heteroatoms. The maximum atomic E-state index is 12.1. The molecule has 1 unspecified atom stereocenters. The topological polar surface area (TPSA) is 76.0 Å². The van der Waals surface area contributed by atoms with Gasteiger partial charge in [-0.1, -0.05) is 17.7 Å². The number of aryl methyl sites for hydroxylation is 2. The normalized spacial score (nSPS) is 13.1. The lowest BCUT2D eigenvalue weighted by atomic mass is 10.2. The van der Waals surface area contributed by atoms with Crippen molar-refractivity contribution in [2.45, 2.75) is 44.7 Å². The minimum absolute atomic E-state index is 0.298. The monoisotopic (exact) mass is 350 g/mol. The molecule has 2 rings (SSSR count). The number of imidazole rings is 1. The predicted octanol–water partition coefficient (Wildman–Crippen LogP) is 1.85. The van der Waals surface area contributed by atoms with Gasteiger partial charge in [0.05, 0.1) is 4.90 Å². The van der Waals surface area contributed by atoms with Crippen LogP contribution in [-0.4, -0.2) is 37.1 Å². The van der Waals surface area contributed by atoms with Crippen molar-refractivity contribution in [3.05, 3.63) is 48.0 Å². The average Bonchev–Trinajstić information content (AvgIpc) is 2.92. The van der Waals surface area contributed by atoms with Gasteiger partial charge in [-0.15, -0.1) is 0 Å². The molecule has 0 saturated carbocycles. The summed E-state index contributed by atoms with van der Waals surface area (Å²) in [6.07, 6.45) is 4.49. The molecule has 2 aromatic rings. The molecule has 2 N–H and O–H groups in total. The van der Waals surface area contributed by atoms with Gasteiger partial charge < -0.3 is 9.88 Å². The van der Waals surface area contributed by atoms with Crippen LogP contribution < -0.4 is 10.0 Å². The molecule has 0 bridgehead atoms. The number of benzene rings is 1. The predicted molar refractivity (Wildman–Crippen MR) is 95.4 cm³/mol. The van der Waals surface area contributed by atoms with Gasteiger partial charge in [-0.25, -0.2) is 18.1 Å². The summed E-state index contributed by atoms with van der Waals surface area (Å²) < 4.78 is 29.0. The average molecular weight is 350 g/mol. The number of hydrogen-bond donors (Lipinski definition) is 2. The van der Waals surface area contributed by atoms with Gasteiger partial charge >= 0.3 is 0 Å². The molecule has 0 aliphatic carbocycles. The zero-order valence-electron chi connectivity index (χ0n) is 14.5. The lowest BCUT2D eigenvalue weighted by Gasteiger charge is -2.15. The Balaban J connectivity index is 1.69. The van der Waals surface area contributed by atoms with Gasteiger partial charge in [-0.05, 0) is 45.9 Å². The van der Waals surface area contributed by atoms with Gasteiger partial charge in [0.1, 0.15) is 5.82 Å². The van der Waals surface area contributed by atoms with Crippen molar-refractivity contribution in [3.63, 3.8) is 0 Å². The van der Waals surface area contributed by atoms with Crippen LogP contribution in [0.15, 0.2) is 41.6 Å². The SMILES string of the molecule is Cc1ccc(S(=O)(=O)NCCCNC(C)Cn2ccnc2C)cc1. The van der Waals surface area contributed by atoms with Crippen LogP contribution in [-0.2, 0) is 16.6 Å². The summed E-state index contributed by atoms with van der Waals surface area (Å²) in [5.41, 5.74) is 1.04. The molecule has 1 atom stereocenters. The molecule has 132 valence electrons. The first-order valence-corrected chi connectivity index (χ1v) is 9.64. The minimum atomic E-state index is -3.41. The molecule has 1 aromatic heterocycles. The van der Waals surface area contributed by atoms with Crippen molar-refractivity contribution in [3.8, 4) is 0 Å². The molecule has 0 aliphatic heterocycles. The highest BCUT2D eigenvalue weighted by molar-refractivity contribution is 7.89. The maximum absolute atomic E-state index is 12.1. The molecular formula is C17H26N4O2S. The Kier molecular flexibility index (Phi) is 6.53. The van der Waals surface area contributed by atoms with Gasteiger partial charge in [0.2, 0.25) is 10.0 Å². The van der Waals surface area contributed by atoms with Crippen LogP contribution in [0, 0.1) is 13.8 Å². The fourth-order valence-electron chi connectivity index (χ4n) is 2.40. The summed E-state index contributed by atoms with van der Waals surface area (Å²) in [6, 6.07) is 7.16. The Morgan fingerprint density at radius 2 is 1.88 bits per heavy atom. The van der Waals surface area contributed by atoms with Gasteiger partial charge in [0.15, 0.2) is 0 Å². The second-order valence-corrected chi connectivity index (χ2v) is 7.81. The molecule has 0 amide bonds. The van der Waals surface area contributed by atoms with Crippen molar-refractivity contribution in [1.82, 2.24) is 19.6 Å². The van der Waals surface area contributed by atoms with E-state index >= 15 is 0 Å². The second-order valence-electron chi connectivity index (χ2n) is 6.05. The van der Waals surface area contributed by atoms with Crippen LogP contribution in [0.3, 0.4) is 0 Å². The van der Waals surface area contributed by atoms with Crippen LogP contribution in [0.2, 0.25) is 0 Å². The zero-order chi connectivity index (χ0) is 17.6. The molecule has 0 fully saturated rings. The lowest BCUT2D eigenvalue weighted by Crippen LogP contribution is -2.33. The number of aromatic nitrogens is 2. The Hall–Kier alpha value is -1.70. The van der Waals surface area contributed by atoms with E-state index in [1.165, 1.54) is 0 Å². The van der Waals surface area contributed by atoms with E-state index in [-0.39, 0.29) is 0 Å². The van der Waals surface area contributed by atoms with Crippen molar-refractivity contribution in [2.24, 2.45) is 0 Å². The van der Waals surface area contributed by atoms with Crippen LogP contribution in [0.5, 0.6) is 0 Å². The van der Waals surface area contributed by atoms with Gasteiger partial charge in [-0.3, -0.25) is 0 Å². The summed E-state index contributed by atoms with van der Waals surface area (Å²) in [6.45, 7) is 8.04. The smallest absolute Gasteiger partial charge is 0.240 e. The molecule has 1 aromatic carbocycles. The Morgan fingerprint density at radius 3 is 2.50 bits per heavy atom. The first-order valence-electron chi connectivity index (χ1n) is 8.16. The highest BCUT2D eigenvalue weighted by Gasteiger charge is 2.12. The maximum Gasteiger partial charge on any atom is 0.240 e. The zero-order valence-corrected chi connectivity index (χ0v) is 15.3. The fraction of sp³-hybridized carbons (Fsp3) is 0.471. The molecular weight excluding hydrogens is 324 g/mol. The molecule has 0 spiro atoms. The third kappa shape index (κ3) is 5.43. The number of nitrogens with zero attached hydrogens (tertiary/aromatic N) is 2. The molecule has 1 heterocycles. The summed E-state index contributed by atoms with van der Waals surface area (Å²) in [5.74, 6) is 0.995. The number of sulfonamides is 1. The van der Waals surface area contributed by atoms with E-state index in [1.807, 2.05) is 20.0 Å². The lowest BCUT2D eigenvalue weighted by molar-refractivity contribution is 0.466. The van der Waals surface area contributed by atoms with E-state index in [2.05, 4.69) is 26.5 Å². The summed E-state index contributed by atoms with van der Waals surface area (Å²) in [7, 11) is -3.41. The van der Waals surface area contributed by atoms with Crippen molar-refractivity contribution in [1.29, 1.82) is 0 Å². The Bertz CT molecular complexity index is 738. The van der Waals surface area contributed by atoms with Crippen LogP contribution >= 0.6 is 0 Å². The molecule has 0 aliphatic rings. The third-order valence-electron chi connectivity index (χ3n) is 3.86. The Morgan fingerprint density at radius 1 is 1.17 bits per heavy atom. The van der Waals surface area contributed by atoms with E-state index < -0.39 is 10.0 Å². The van der Waals surface area contributed by atoms with Crippen molar-refractivity contribution in [2.75, 3.05) is 13.1 Å². The number of hydrogen-bond acceptors (Lipinski definition) is 4. The largest absolute Gasteiger partial charge is 0.334 e.